The van der Waals surface area contributed by atoms with Gasteiger partial charge in [-0.2, -0.15) is 0 Å². The van der Waals surface area contributed by atoms with Crippen molar-refractivity contribution in [2.75, 3.05) is 12.4 Å². The number of amides is 1. The molecule has 0 aliphatic rings. The molecule has 0 radical (unpaired) electrons. The van der Waals surface area contributed by atoms with E-state index in [0.717, 1.165) is 0 Å². The minimum Gasteiger partial charge on any atom is -0.355 e. The first-order chi connectivity index (χ1) is 10.9. The first-order valence-corrected chi connectivity index (χ1v) is 8.55. The lowest BCUT2D eigenvalue weighted by Crippen LogP contribution is -2.33. The first kappa shape index (κ1) is 17.6. The van der Waals surface area contributed by atoms with E-state index in [1.807, 2.05) is 39.0 Å². The SMILES string of the molecule is CC(C)CNC(=O)C(C)Sc1nnc(-c2ccccc2Cl)n1N. The summed E-state index contributed by atoms with van der Waals surface area (Å²) in [5.41, 5.74) is 0.702. The fourth-order valence-electron chi connectivity index (χ4n) is 1.84. The molecule has 0 bridgehead atoms. The Balaban J connectivity index is 2.11. The summed E-state index contributed by atoms with van der Waals surface area (Å²) >= 11 is 7.42. The van der Waals surface area contributed by atoms with Crippen molar-refractivity contribution in [3.05, 3.63) is 29.3 Å². The van der Waals surface area contributed by atoms with Gasteiger partial charge in [0, 0.05) is 12.1 Å². The highest BCUT2D eigenvalue weighted by atomic mass is 35.5. The van der Waals surface area contributed by atoms with Crippen LogP contribution in [-0.2, 0) is 4.79 Å². The summed E-state index contributed by atoms with van der Waals surface area (Å²) in [5, 5.41) is 11.7. The molecule has 1 atom stereocenters. The Morgan fingerprint density at radius 3 is 2.70 bits per heavy atom. The molecular formula is C15H20ClN5OS. The number of thioether (sulfide) groups is 1. The molecule has 1 aromatic carbocycles. The van der Waals surface area contributed by atoms with E-state index < -0.39 is 0 Å². The van der Waals surface area contributed by atoms with Crippen LogP contribution in [0.5, 0.6) is 0 Å². The van der Waals surface area contributed by atoms with Crippen LogP contribution in [0, 0.1) is 5.92 Å². The minimum absolute atomic E-state index is 0.0500. The van der Waals surface area contributed by atoms with Crippen LogP contribution in [0.3, 0.4) is 0 Å². The largest absolute Gasteiger partial charge is 0.355 e. The maximum absolute atomic E-state index is 12.0. The van der Waals surface area contributed by atoms with Gasteiger partial charge < -0.3 is 11.2 Å². The standard InChI is InChI=1S/C15H20ClN5OS/c1-9(2)8-18-14(22)10(3)23-15-20-19-13(21(15)17)11-6-4-5-7-12(11)16/h4-7,9-10H,8,17H2,1-3H3,(H,18,22). The minimum atomic E-state index is -0.320. The number of aromatic nitrogens is 3. The summed E-state index contributed by atoms with van der Waals surface area (Å²) in [7, 11) is 0. The number of halogens is 1. The third-order valence-electron chi connectivity index (χ3n) is 3.12. The quantitative estimate of drug-likeness (QED) is 0.615. The number of carbonyl (C=O) groups excluding carboxylic acids is 1. The zero-order chi connectivity index (χ0) is 17.0. The van der Waals surface area contributed by atoms with Gasteiger partial charge in [-0.1, -0.05) is 49.3 Å². The molecule has 1 unspecified atom stereocenters. The Bertz CT molecular complexity index is 688. The number of benzene rings is 1. The smallest absolute Gasteiger partial charge is 0.233 e. The number of nitrogens with one attached hydrogen (secondary N) is 1. The molecule has 0 saturated heterocycles. The lowest BCUT2D eigenvalue weighted by Gasteiger charge is -2.12. The second kappa shape index (κ2) is 7.70. The number of hydrogen-bond acceptors (Lipinski definition) is 5. The molecule has 2 rings (SSSR count). The van der Waals surface area contributed by atoms with Gasteiger partial charge in [-0.25, -0.2) is 4.68 Å². The average molecular weight is 354 g/mol. The lowest BCUT2D eigenvalue weighted by molar-refractivity contribution is -0.120. The molecule has 0 fully saturated rings. The van der Waals surface area contributed by atoms with E-state index >= 15 is 0 Å². The van der Waals surface area contributed by atoms with E-state index in [1.165, 1.54) is 16.4 Å². The second-order valence-electron chi connectivity index (χ2n) is 5.56. The van der Waals surface area contributed by atoms with Gasteiger partial charge in [0.15, 0.2) is 5.82 Å². The summed E-state index contributed by atoms with van der Waals surface area (Å²) in [6, 6.07) is 7.27. The Labute approximate surface area is 144 Å². The fraction of sp³-hybridized carbons (Fsp3) is 0.400. The highest BCUT2D eigenvalue weighted by Gasteiger charge is 2.20. The number of rotatable bonds is 6. The molecule has 1 heterocycles. The third kappa shape index (κ3) is 4.39. The summed E-state index contributed by atoms with van der Waals surface area (Å²) in [4.78, 5) is 12.0. The Hall–Kier alpha value is -1.73. The lowest BCUT2D eigenvalue weighted by atomic mass is 10.2. The van der Waals surface area contributed by atoms with Crippen molar-refractivity contribution in [1.29, 1.82) is 0 Å². The van der Waals surface area contributed by atoms with Crippen LogP contribution in [0.4, 0.5) is 0 Å². The zero-order valence-corrected chi connectivity index (χ0v) is 14.9. The van der Waals surface area contributed by atoms with Crippen LogP contribution < -0.4 is 11.2 Å². The fourth-order valence-corrected chi connectivity index (χ4v) is 2.86. The Kier molecular flexibility index (Phi) is 5.90. The van der Waals surface area contributed by atoms with Gasteiger partial charge in [0.05, 0.1) is 10.3 Å². The molecule has 23 heavy (non-hydrogen) atoms. The summed E-state index contributed by atoms with van der Waals surface area (Å²) in [6.45, 7) is 6.54. The molecule has 6 nitrogen and oxygen atoms in total. The van der Waals surface area contributed by atoms with Crippen LogP contribution >= 0.6 is 23.4 Å². The van der Waals surface area contributed by atoms with Crippen molar-refractivity contribution >= 4 is 29.3 Å². The summed E-state index contributed by atoms with van der Waals surface area (Å²) < 4.78 is 1.36. The summed E-state index contributed by atoms with van der Waals surface area (Å²) in [5.74, 6) is 6.87. The number of carbonyl (C=O) groups is 1. The topological polar surface area (TPSA) is 85.8 Å². The molecule has 0 saturated carbocycles. The summed E-state index contributed by atoms with van der Waals surface area (Å²) in [6.07, 6.45) is 0. The zero-order valence-electron chi connectivity index (χ0n) is 13.3. The molecule has 2 aromatic rings. The highest BCUT2D eigenvalue weighted by Crippen LogP contribution is 2.28. The van der Waals surface area contributed by atoms with Crippen molar-refractivity contribution in [3.8, 4) is 11.4 Å². The molecule has 1 aromatic heterocycles. The maximum atomic E-state index is 12.0. The monoisotopic (exact) mass is 353 g/mol. The van der Waals surface area contributed by atoms with Crippen molar-refractivity contribution in [3.63, 3.8) is 0 Å². The van der Waals surface area contributed by atoms with Gasteiger partial charge in [-0.3, -0.25) is 4.79 Å². The van der Waals surface area contributed by atoms with Gasteiger partial charge in [-0.15, -0.1) is 10.2 Å². The van der Waals surface area contributed by atoms with Crippen LogP contribution in [-0.4, -0.2) is 32.6 Å². The predicted octanol–water partition coefficient (Wildman–Crippen LogP) is 2.57. The van der Waals surface area contributed by atoms with E-state index in [1.54, 1.807) is 6.07 Å². The van der Waals surface area contributed by atoms with Crippen LogP contribution in [0.2, 0.25) is 5.02 Å². The molecular weight excluding hydrogens is 334 g/mol. The highest BCUT2D eigenvalue weighted by molar-refractivity contribution is 8.00. The second-order valence-corrected chi connectivity index (χ2v) is 7.27. The number of hydrogen-bond donors (Lipinski definition) is 2. The van der Waals surface area contributed by atoms with E-state index in [-0.39, 0.29) is 11.2 Å². The van der Waals surface area contributed by atoms with Crippen molar-refractivity contribution < 1.29 is 4.79 Å². The van der Waals surface area contributed by atoms with Crippen molar-refractivity contribution in [2.45, 2.75) is 31.2 Å². The van der Waals surface area contributed by atoms with Gasteiger partial charge >= 0.3 is 0 Å². The van der Waals surface area contributed by atoms with E-state index in [0.29, 0.717) is 34.0 Å². The normalized spacial score (nSPS) is 12.4. The van der Waals surface area contributed by atoms with Gasteiger partial charge in [-0.05, 0) is 25.0 Å². The molecule has 124 valence electrons. The first-order valence-electron chi connectivity index (χ1n) is 7.30. The average Bonchev–Trinajstić information content (AvgIpc) is 2.86. The number of nitrogens with two attached hydrogens (primary N) is 1. The van der Waals surface area contributed by atoms with Gasteiger partial charge in [0.25, 0.3) is 0 Å². The Morgan fingerprint density at radius 1 is 1.35 bits per heavy atom. The molecule has 1 amide bonds. The maximum Gasteiger partial charge on any atom is 0.233 e. The predicted molar refractivity (Wildman–Crippen MR) is 93.8 cm³/mol. The molecule has 3 N–H and O–H groups in total. The van der Waals surface area contributed by atoms with Crippen molar-refractivity contribution in [2.24, 2.45) is 5.92 Å². The molecule has 0 aliphatic carbocycles. The Morgan fingerprint density at radius 2 is 2.04 bits per heavy atom. The third-order valence-corrected chi connectivity index (χ3v) is 4.50. The van der Waals surface area contributed by atoms with Gasteiger partial charge in [0.2, 0.25) is 11.1 Å². The van der Waals surface area contributed by atoms with Crippen LogP contribution in [0.15, 0.2) is 29.4 Å². The van der Waals surface area contributed by atoms with E-state index in [9.17, 15) is 4.79 Å². The van der Waals surface area contributed by atoms with E-state index in [2.05, 4.69) is 15.5 Å². The van der Waals surface area contributed by atoms with Crippen LogP contribution in [0.1, 0.15) is 20.8 Å². The number of nitrogen functional groups attached to an aromatic ring is 1. The number of nitrogens with zero attached hydrogens (tertiary/aromatic N) is 3. The molecule has 0 spiro atoms. The molecule has 8 heteroatoms. The van der Waals surface area contributed by atoms with Gasteiger partial charge in [0.1, 0.15) is 0 Å². The van der Waals surface area contributed by atoms with Crippen molar-refractivity contribution in [1.82, 2.24) is 20.2 Å². The molecule has 0 aliphatic heterocycles. The van der Waals surface area contributed by atoms with E-state index in [4.69, 9.17) is 17.4 Å². The van der Waals surface area contributed by atoms with Crippen LogP contribution in [0.25, 0.3) is 11.4 Å².